The molecule has 0 atom stereocenters. The van der Waals surface area contributed by atoms with Crippen molar-refractivity contribution in [3.63, 3.8) is 0 Å². The molecule has 0 radical (unpaired) electrons. The highest BCUT2D eigenvalue weighted by atomic mass is 35.5. The standard InChI is InChI=1S/C12H18ClN3/c1-3-12(4-2)5-8-16(9-12)11-10(13)14-6-7-15-11/h6-7H,3-5,8-9H2,1-2H3. The van der Waals surface area contributed by atoms with Crippen molar-refractivity contribution in [3.8, 4) is 0 Å². The molecule has 2 heterocycles. The third-order valence-corrected chi connectivity index (χ3v) is 4.14. The van der Waals surface area contributed by atoms with E-state index in [1.807, 2.05) is 0 Å². The normalized spacial score (nSPS) is 19.1. The molecule has 1 aromatic heterocycles. The van der Waals surface area contributed by atoms with Crippen LogP contribution < -0.4 is 4.90 Å². The Morgan fingerprint density at radius 1 is 1.31 bits per heavy atom. The third kappa shape index (κ3) is 2.01. The summed E-state index contributed by atoms with van der Waals surface area (Å²) < 4.78 is 0. The number of hydrogen-bond acceptors (Lipinski definition) is 3. The van der Waals surface area contributed by atoms with Crippen LogP contribution in [0.5, 0.6) is 0 Å². The van der Waals surface area contributed by atoms with Gasteiger partial charge in [-0.05, 0) is 24.7 Å². The van der Waals surface area contributed by atoms with Crippen LogP contribution in [0.4, 0.5) is 5.82 Å². The highest BCUT2D eigenvalue weighted by molar-refractivity contribution is 6.31. The summed E-state index contributed by atoms with van der Waals surface area (Å²) in [7, 11) is 0. The molecule has 0 spiro atoms. The molecule has 0 unspecified atom stereocenters. The molecule has 88 valence electrons. The van der Waals surface area contributed by atoms with Gasteiger partial charge in [0.1, 0.15) is 0 Å². The fourth-order valence-electron chi connectivity index (χ4n) is 2.47. The predicted octanol–water partition coefficient (Wildman–Crippen LogP) is 3.15. The van der Waals surface area contributed by atoms with Gasteiger partial charge in [-0.25, -0.2) is 9.97 Å². The van der Waals surface area contributed by atoms with Gasteiger partial charge >= 0.3 is 0 Å². The lowest BCUT2D eigenvalue weighted by molar-refractivity contribution is 0.301. The molecule has 0 aromatic carbocycles. The van der Waals surface area contributed by atoms with E-state index >= 15 is 0 Å². The third-order valence-electron chi connectivity index (χ3n) is 3.87. The van der Waals surface area contributed by atoms with Crippen LogP contribution in [0.15, 0.2) is 12.4 Å². The topological polar surface area (TPSA) is 29.0 Å². The van der Waals surface area contributed by atoms with Gasteiger partial charge in [0.25, 0.3) is 0 Å². The van der Waals surface area contributed by atoms with Gasteiger partial charge in [0.05, 0.1) is 0 Å². The lowest BCUT2D eigenvalue weighted by Crippen LogP contribution is -2.27. The second-order valence-corrected chi connectivity index (χ2v) is 4.91. The molecular formula is C12H18ClN3. The van der Waals surface area contributed by atoms with Crippen molar-refractivity contribution in [2.45, 2.75) is 33.1 Å². The number of halogens is 1. The molecule has 2 rings (SSSR count). The van der Waals surface area contributed by atoms with E-state index in [0.717, 1.165) is 18.9 Å². The molecule has 4 heteroatoms. The van der Waals surface area contributed by atoms with E-state index in [9.17, 15) is 0 Å². The zero-order valence-electron chi connectivity index (χ0n) is 9.91. The molecule has 1 saturated heterocycles. The Morgan fingerprint density at radius 3 is 2.56 bits per heavy atom. The molecule has 1 fully saturated rings. The average molecular weight is 240 g/mol. The Bertz CT molecular complexity index is 363. The second-order valence-electron chi connectivity index (χ2n) is 4.55. The highest BCUT2D eigenvalue weighted by Crippen LogP contribution is 2.39. The maximum atomic E-state index is 6.07. The Balaban J connectivity index is 2.18. The highest BCUT2D eigenvalue weighted by Gasteiger charge is 2.36. The molecule has 16 heavy (non-hydrogen) atoms. The molecule has 0 aliphatic carbocycles. The summed E-state index contributed by atoms with van der Waals surface area (Å²) in [5.41, 5.74) is 0.445. The smallest absolute Gasteiger partial charge is 0.171 e. The van der Waals surface area contributed by atoms with Crippen LogP contribution in [-0.4, -0.2) is 23.1 Å². The first-order valence-electron chi connectivity index (χ1n) is 5.92. The number of aromatic nitrogens is 2. The van der Waals surface area contributed by atoms with Crippen molar-refractivity contribution in [1.29, 1.82) is 0 Å². The fourth-order valence-corrected chi connectivity index (χ4v) is 2.69. The first kappa shape index (κ1) is 11.6. The van der Waals surface area contributed by atoms with Crippen LogP contribution in [0.3, 0.4) is 0 Å². The SMILES string of the molecule is CCC1(CC)CCN(c2nccnc2Cl)C1. The molecule has 0 N–H and O–H groups in total. The summed E-state index contributed by atoms with van der Waals surface area (Å²) in [6.07, 6.45) is 7.01. The van der Waals surface area contributed by atoms with E-state index in [1.165, 1.54) is 19.3 Å². The summed E-state index contributed by atoms with van der Waals surface area (Å²) >= 11 is 6.07. The number of anilines is 1. The van der Waals surface area contributed by atoms with Crippen molar-refractivity contribution in [2.24, 2.45) is 5.41 Å². The van der Waals surface area contributed by atoms with Crippen molar-refractivity contribution >= 4 is 17.4 Å². The van der Waals surface area contributed by atoms with Crippen LogP contribution >= 0.6 is 11.6 Å². The van der Waals surface area contributed by atoms with E-state index < -0.39 is 0 Å². The summed E-state index contributed by atoms with van der Waals surface area (Å²) in [5.74, 6) is 0.841. The minimum Gasteiger partial charge on any atom is -0.353 e. The summed E-state index contributed by atoms with van der Waals surface area (Å²) in [4.78, 5) is 10.7. The monoisotopic (exact) mass is 239 g/mol. The molecule has 1 aliphatic heterocycles. The van der Waals surface area contributed by atoms with E-state index in [0.29, 0.717) is 10.6 Å². The van der Waals surface area contributed by atoms with E-state index in [1.54, 1.807) is 12.4 Å². The summed E-state index contributed by atoms with van der Waals surface area (Å²) in [5, 5.41) is 0.519. The lowest BCUT2D eigenvalue weighted by Gasteiger charge is -2.26. The fraction of sp³-hybridized carbons (Fsp3) is 0.667. The van der Waals surface area contributed by atoms with E-state index in [2.05, 4.69) is 28.7 Å². The van der Waals surface area contributed by atoms with Gasteiger partial charge in [0.2, 0.25) is 0 Å². The van der Waals surface area contributed by atoms with Crippen LogP contribution in [0, 0.1) is 5.41 Å². The number of hydrogen-bond donors (Lipinski definition) is 0. The average Bonchev–Trinajstić information content (AvgIpc) is 2.75. The number of nitrogens with zero attached hydrogens (tertiary/aromatic N) is 3. The Kier molecular flexibility index (Phi) is 3.33. The maximum absolute atomic E-state index is 6.07. The van der Waals surface area contributed by atoms with Gasteiger partial charge < -0.3 is 4.90 Å². The Hall–Kier alpha value is -0.830. The van der Waals surface area contributed by atoms with Crippen molar-refractivity contribution < 1.29 is 0 Å². The van der Waals surface area contributed by atoms with Crippen LogP contribution in [0.2, 0.25) is 5.15 Å². The Labute approximate surface area is 102 Å². The zero-order chi connectivity index (χ0) is 11.6. The zero-order valence-corrected chi connectivity index (χ0v) is 10.7. The van der Waals surface area contributed by atoms with Gasteiger partial charge in [-0.15, -0.1) is 0 Å². The molecule has 0 bridgehead atoms. The van der Waals surface area contributed by atoms with Crippen LogP contribution in [-0.2, 0) is 0 Å². The van der Waals surface area contributed by atoms with Gasteiger partial charge in [-0.3, -0.25) is 0 Å². The molecule has 1 aromatic rings. The van der Waals surface area contributed by atoms with Crippen LogP contribution in [0.25, 0.3) is 0 Å². The van der Waals surface area contributed by atoms with Crippen molar-refractivity contribution in [3.05, 3.63) is 17.5 Å². The summed E-state index contributed by atoms with van der Waals surface area (Å²) in [6.45, 7) is 6.63. The molecular weight excluding hydrogens is 222 g/mol. The first-order valence-corrected chi connectivity index (χ1v) is 6.30. The molecule has 0 amide bonds. The van der Waals surface area contributed by atoms with Gasteiger partial charge in [-0.1, -0.05) is 25.4 Å². The minimum atomic E-state index is 0.445. The molecule has 3 nitrogen and oxygen atoms in total. The van der Waals surface area contributed by atoms with Gasteiger partial charge in [0, 0.05) is 25.5 Å². The van der Waals surface area contributed by atoms with E-state index in [-0.39, 0.29) is 0 Å². The van der Waals surface area contributed by atoms with E-state index in [4.69, 9.17) is 11.6 Å². The molecule has 0 saturated carbocycles. The minimum absolute atomic E-state index is 0.445. The Morgan fingerprint density at radius 2 is 2.00 bits per heavy atom. The summed E-state index contributed by atoms with van der Waals surface area (Å²) in [6, 6.07) is 0. The van der Waals surface area contributed by atoms with Crippen LogP contribution in [0.1, 0.15) is 33.1 Å². The largest absolute Gasteiger partial charge is 0.353 e. The molecule has 1 aliphatic rings. The van der Waals surface area contributed by atoms with Gasteiger partial charge in [-0.2, -0.15) is 0 Å². The lowest BCUT2D eigenvalue weighted by atomic mass is 9.82. The van der Waals surface area contributed by atoms with Crippen molar-refractivity contribution in [2.75, 3.05) is 18.0 Å². The van der Waals surface area contributed by atoms with Crippen molar-refractivity contribution in [1.82, 2.24) is 9.97 Å². The predicted molar refractivity (Wildman–Crippen MR) is 66.9 cm³/mol. The first-order chi connectivity index (χ1) is 7.71. The second kappa shape index (κ2) is 4.58. The van der Waals surface area contributed by atoms with Gasteiger partial charge in [0.15, 0.2) is 11.0 Å². The quantitative estimate of drug-likeness (QED) is 0.812. The number of rotatable bonds is 3. The maximum Gasteiger partial charge on any atom is 0.171 e.